The minimum atomic E-state index is -4.54. The first kappa shape index (κ1) is 26.0. The van der Waals surface area contributed by atoms with Crippen LogP contribution in [0.4, 0.5) is 13.2 Å². The Morgan fingerprint density at radius 1 is 0.973 bits per heavy atom. The number of carboxylic acid groups (broad SMARTS) is 1. The smallest absolute Gasteiger partial charge is 0.417 e. The fourth-order valence-corrected chi connectivity index (χ4v) is 4.07. The lowest BCUT2D eigenvalue weighted by molar-refractivity contribution is -0.138. The molecule has 4 aromatic rings. The van der Waals surface area contributed by atoms with E-state index in [0.29, 0.717) is 40.7 Å². The summed E-state index contributed by atoms with van der Waals surface area (Å²) in [5, 5.41) is 13.6. The molecule has 0 fully saturated rings. The van der Waals surface area contributed by atoms with E-state index in [1.807, 2.05) is 24.3 Å². The summed E-state index contributed by atoms with van der Waals surface area (Å²) in [4.78, 5) is 10.8. The molecule has 0 aliphatic rings. The third-order valence-corrected chi connectivity index (χ3v) is 5.98. The lowest BCUT2D eigenvalue weighted by atomic mass is 10.0. The Labute approximate surface area is 213 Å². The lowest BCUT2D eigenvalue weighted by Crippen LogP contribution is -2.09. The first-order chi connectivity index (χ1) is 17.6. The maximum absolute atomic E-state index is 13.9. The van der Waals surface area contributed by atoms with Crippen LogP contribution in [0.25, 0.3) is 28.2 Å². The van der Waals surface area contributed by atoms with Crippen LogP contribution >= 0.6 is 0 Å². The van der Waals surface area contributed by atoms with E-state index in [1.165, 1.54) is 16.8 Å². The van der Waals surface area contributed by atoms with Crippen molar-refractivity contribution in [2.45, 2.75) is 38.8 Å². The molecule has 0 spiro atoms. The van der Waals surface area contributed by atoms with Crippen molar-refractivity contribution < 1.29 is 27.8 Å². The average Bonchev–Trinajstić information content (AvgIpc) is 3.31. The van der Waals surface area contributed by atoms with Gasteiger partial charge in [-0.15, -0.1) is 0 Å². The van der Waals surface area contributed by atoms with Crippen molar-refractivity contribution in [3.05, 3.63) is 90.0 Å². The van der Waals surface area contributed by atoms with E-state index in [1.54, 1.807) is 36.4 Å². The van der Waals surface area contributed by atoms with Gasteiger partial charge >= 0.3 is 12.1 Å². The zero-order valence-corrected chi connectivity index (χ0v) is 20.5. The molecule has 0 amide bonds. The van der Waals surface area contributed by atoms with Crippen molar-refractivity contribution in [1.82, 2.24) is 9.78 Å². The highest BCUT2D eigenvalue weighted by molar-refractivity contribution is 5.75. The number of hydrogen-bond acceptors (Lipinski definition) is 3. The van der Waals surface area contributed by atoms with Crippen LogP contribution in [0.15, 0.2) is 78.9 Å². The summed E-state index contributed by atoms with van der Waals surface area (Å²) in [7, 11) is 0. The number of para-hydroxylation sites is 1. The van der Waals surface area contributed by atoms with Gasteiger partial charge in [-0.2, -0.15) is 18.3 Å². The molecule has 0 unspecified atom stereocenters. The summed E-state index contributed by atoms with van der Waals surface area (Å²) < 4.78 is 49.2. The van der Waals surface area contributed by atoms with Crippen molar-refractivity contribution in [2.75, 3.05) is 6.61 Å². The van der Waals surface area contributed by atoms with E-state index in [2.05, 4.69) is 13.8 Å². The molecule has 1 aromatic heterocycles. The van der Waals surface area contributed by atoms with E-state index in [4.69, 9.17) is 14.9 Å². The number of carbonyl (C=O) groups is 1. The molecule has 0 saturated heterocycles. The van der Waals surface area contributed by atoms with Gasteiger partial charge in [0.05, 0.1) is 29.2 Å². The number of rotatable bonds is 9. The summed E-state index contributed by atoms with van der Waals surface area (Å²) in [5.74, 6) is -0.131. The molecular formula is C29H27F3N2O3. The number of aromatic nitrogens is 2. The minimum absolute atomic E-state index is 0.0153. The normalized spacial score (nSPS) is 11.6. The topological polar surface area (TPSA) is 64.4 Å². The number of alkyl halides is 3. The second-order valence-electron chi connectivity index (χ2n) is 8.96. The minimum Gasteiger partial charge on any atom is -0.493 e. The predicted molar refractivity (Wildman–Crippen MR) is 136 cm³/mol. The Kier molecular flexibility index (Phi) is 7.66. The second kappa shape index (κ2) is 10.9. The first-order valence-corrected chi connectivity index (χ1v) is 12.0. The third-order valence-electron chi connectivity index (χ3n) is 5.98. The van der Waals surface area contributed by atoms with Crippen molar-refractivity contribution in [3.63, 3.8) is 0 Å². The van der Waals surface area contributed by atoms with Gasteiger partial charge in [-0.3, -0.25) is 4.79 Å². The number of benzene rings is 3. The highest BCUT2D eigenvalue weighted by Crippen LogP contribution is 2.40. The highest BCUT2D eigenvalue weighted by Gasteiger charge is 2.34. The Morgan fingerprint density at radius 2 is 1.62 bits per heavy atom. The molecule has 192 valence electrons. The van der Waals surface area contributed by atoms with Crippen LogP contribution in [0.3, 0.4) is 0 Å². The van der Waals surface area contributed by atoms with Gasteiger partial charge in [-0.05, 0) is 54.3 Å². The molecule has 0 aliphatic heterocycles. The maximum Gasteiger partial charge on any atom is 0.417 e. The van der Waals surface area contributed by atoms with Crippen LogP contribution < -0.4 is 4.74 Å². The van der Waals surface area contributed by atoms with Crippen molar-refractivity contribution in [2.24, 2.45) is 0 Å². The fraction of sp³-hybridized carbons (Fsp3) is 0.241. The van der Waals surface area contributed by atoms with Crippen LogP contribution in [-0.4, -0.2) is 27.5 Å². The fourth-order valence-electron chi connectivity index (χ4n) is 4.07. The third kappa shape index (κ3) is 6.02. The number of nitrogens with zero attached hydrogens (tertiary/aromatic N) is 2. The van der Waals surface area contributed by atoms with E-state index < -0.39 is 17.7 Å². The monoisotopic (exact) mass is 508 g/mol. The summed E-state index contributed by atoms with van der Waals surface area (Å²) in [5.41, 5.74) is 2.33. The van der Waals surface area contributed by atoms with Gasteiger partial charge in [0.2, 0.25) is 0 Å². The quantitative estimate of drug-likeness (QED) is 0.237. The van der Waals surface area contributed by atoms with Gasteiger partial charge in [-0.1, -0.05) is 56.3 Å². The van der Waals surface area contributed by atoms with Gasteiger partial charge in [0.15, 0.2) is 0 Å². The van der Waals surface area contributed by atoms with Gasteiger partial charge in [-0.25, -0.2) is 4.68 Å². The second-order valence-corrected chi connectivity index (χ2v) is 8.96. The van der Waals surface area contributed by atoms with Crippen LogP contribution in [-0.2, 0) is 11.0 Å². The SMILES string of the molecule is CC(C)c1ccc(-n2nc(-c3ccccc3OCCCC(=O)O)cc2-c2ccccc2C(F)(F)F)cc1. The molecule has 0 radical (unpaired) electrons. The Morgan fingerprint density at radius 3 is 2.27 bits per heavy atom. The van der Waals surface area contributed by atoms with Crippen LogP contribution in [0.1, 0.15) is 43.7 Å². The van der Waals surface area contributed by atoms with E-state index in [-0.39, 0.29) is 18.6 Å². The van der Waals surface area contributed by atoms with Crippen LogP contribution in [0.5, 0.6) is 5.75 Å². The molecule has 0 saturated carbocycles. The molecule has 0 aliphatic carbocycles. The lowest BCUT2D eigenvalue weighted by Gasteiger charge is -2.14. The molecule has 0 atom stereocenters. The molecule has 37 heavy (non-hydrogen) atoms. The number of halogens is 3. The summed E-state index contributed by atoms with van der Waals surface area (Å²) in [6.07, 6.45) is -4.25. The number of carboxylic acids is 1. The molecule has 5 nitrogen and oxygen atoms in total. The van der Waals surface area contributed by atoms with Gasteiger partial charge < -0.3 is 9.84 Å². The number of aliphatic carboxylic acids is 1. The number of hydrogen-bond donors (Lipinski definition) is 1. The van der Waals surface area contributed by atoms with Gasteiger partial charge in [0.1, 0.15) is 5.75 Å². The van der Waals surface area contributed by atoms with Crippen molar-refractivity contribution in [1.29, 1.82) is 0 Å². The van der Waals surface area contributed by atoms with Gasteiger partial charge in [0, 0.05) is 17.5 Å². The van der Waals surface area contributed by atoms with Crippen LogP contribution in [0.2, 0.25) is 0 Å². The van der Waals surface area contributed by atoms with Crippen molar-refractivity contribution >= 4 is 5.97 Å². The van der Waals surface area contributed by atoms with Crippen molar-refractivity contribution in [3.8, 4) is 34.0 Å². The zero-order chi connectivity index (χ0) is 26.6. The van der Waals surface area contributed by atoms with E-state index in [9.17, 15) is 18.0 Å². The molecule has 4 rings (SSSR count). The Bertz CT molecular complexity index is 1380. The Hall–Kier alpha value is -4.07. The predicted octanol–water partition coefficient (Wildman–Crippen LogP) is 7.59. The molecule has 8 heteroatoms. The van der Waals surface area contributed by atoms with Crippen LogP contribution in [0, 0.1) is 0 Å². The summed E-state index contributed by atoms with van der Waals surface area (Å²) in [6.45, 7) is 4.32. The van der Waals surface area contributed by atoms with E-state index in [0.717, 1.165) is 11.6 Å². The number of ether oxygens (including phenoxy) is 1. The summed E-state index contributed by atoms with van der Waals surface area (Å²) >= 11 is 0. The molecule has 1 heterocycles. The largest absolute Gasteiger partial charge is 0.493 e. The molecular weight excluding hydrogens is 481 g/mol. The molecule has 3 aromatic carbocycles. The molecule has 1 N–H and O–H groups in total. The standard InChI is InChI=1S/C29H27F3N2O3/c1-19(2)20-13-15-21(16-14-20)34-26(22-8-3-5-10-24(22)29(30,31)32)18-25(33-34)23-9-4-6-11-27(23)37-17-7-12-28(35)36/h3-6,8-11,13-16,18-19H,7,12,17H2,1-2H3,(H,35,36). The van der Waals surface area contributed by atoms with E-state index >= 15 is 0 Å². The van der Waals surface area contributed by atoms with Gasteiger partial charge in [0.25, 0.3) is 0 Å². The molecule has 0 bridgehead atoms. The average molecular weight is 509 g/mol. The maximum atomic E-state index is 13.9. The first-order valence-electron chi connectivity index (χ1n) is 12.0. The Balaban J connectivity index is 1.83. The summed E-state index contributed by atoms with van der Waals surface area (Å²) in [6, 6.07) is 21.7. The zero-order valence-electron chi connectivity index (χ0n) is 20.5. The highest BCUT2D eigenvalue weighted by atomic mass is 19.4.